The van der Waals surface area contributed by atoms with Crippen LogP contribution in [0.5, 0.6) is 46.0 Å². The van der Waals surface area contributed by atoms with Crippen LogP contribution in [0.1, 0.15) is 300 Å². The van der Waals surface area contributed by atoms with Crippen molar-refractivity contribution in [1.82, 2.24) is 0 Å². The molecule has 8 radical (unpaired) electrons. The average Bonchev–Trinajstić information content (AvgIpc) is 0.765. The maximum atomic E-state index is 7.58. The third-order valence-electron chi connectivity index (χ3n) is 22.4. The highest BCUT2D eigenvalue weighted by atomic mass is 28.3. The third-order valence-corrected chi connectivity index (χ3v) is 27.3. The topological polar surface area (TPSA) is 73.8 Å². The zero-order valence-electron chi connectivity index (χ0n) is 82.2. The second-order valence-corrected chi connectivity index (χ2v) is 60.7. The largest absolute Gasteiger partial charge is 0.542 e. The molecule has 0 spiro atoms. The third kappa shape index (κ3) is 25.2. The Kier molecular flexibility index (Phi) is 30.6. The summed E-state index contributed by atoms with van der Waals surface area (Å²) in [6.45, 7) is 93.4. The molecule has 16 bridgehead atoms. The molecule has 0 atom stereocenters. The Balaban J connectivity index is 1.52. The SMILES string of the molecule is C[Si](C)Oc1c2cc(C(C)(C)C)cc1Cc1cc(C(C)(C)C)cc(c1O[Si](C)C)Cc1cc(C(C)(C)C)cc(c1O[Si](C)C)Cc1cc(C(C)(C)C)cc(c1O[Si](C)C)Cc1cc(C(C)(C)C)cc(c1O[Si](C)C)Cc1cc(C(C)(C)C)cc(c1O[Si](C)C)Cc1cc(C(C)(C)C)cc(c1O[Si](C)C)Cc1cc(C(C)(C)C)cc(c1O[Si](C)C)C2. The van der Waals surface area contributed by atoms with Crippen LogP contribution in [0.3, 0.4) is 0 Å². The van der Waals surface area contributed by atoms with Crippen LogP contribution in [-0.4, -0.2) is 72.3 Å². The first-order chi connectivity index (χ1) is 55.0. The van der Waals surface area contributed by atoms with Crippen molar-refractivity contribution in [1.29, 1.82) is 0 Å². The number of hydrogen-bond donors (Lipinski definition) is 0. The predicted molar refractivity (Wildman–Crippen MR) is 528 cm³/mol. The van der Waals surface area contributed by atoms with Gasteiger partial charge in [-0.05, 0) is 282 Å². The maximum Gasteiger partial charge on any atom is 0.274 e. The summed E-state index contributed by atoms with van der Waals surface area (Å²) >= 11 is 0. The molecule has 0 saturated heterocycles. The predicted octanol–water partition coefficient (Wildman–Crippen LogP) is 28.1. The van der Waals surface area contributed by atoms with E-state index in [0.29, 0.717) is 51.4 Å². The van der Waals surface area contributed by atoms with E-state index in [4.69, 9.17) is 35.4 Å². The highest BCUT2D eigenvalue weighted by Gasteiger charge is 2.35. The molecule has 0 N–H and O–H groups in total. The molecule has 1 aliphatic rings. The van der Waals surface area contributed by atoms with Crippen molar-refractivity contribution in [3.8, 4) is 46.0 Å². The quantitative estimate of drug-likeness (QED) is 0.0886. The van der Waals surface area contributed by atoms with Crippen molar-refractivity contribution in [2.24, 2.45) is 0 Å². The van der Waals surface area contributed by atoms with Gasteiger partial charge in [0.05, 0.1) is 0 Å². The van der Waals surface area contributed by atoms with Crippen molar-refractivity contribution in [2.75, 3.05) is 0 Å². The van der Waals surface area contributed by atoms with Crippen molar-refractivity contribution in [3.63, 3.8) is 0 Å². The lowest BCUT2D eigenvalue weighted by Gasteiger charge is -2.30. The van der Waals surface area contributed by atoms with Crippen molar-refractivity contribution >= 4 is 72.3 Å². The molecule has 0 aliphatic heterocycles. The summed E-state index contributed by atoms with van der Waals surface area (Å²) in [6, 6.07) is 39.7. The van der Waals surface area contributed by atoms with Gasteiger partial charge >= 0.3 is 0 Å². The van der Waals surface area contributed by atoms with E-state index in [1.165, 1.54) is 134 Å². The number of fused-ring (bicyclic) bond motifs is 16. The minimum atomic E-state index is -1.35. The lowest BCUT2D eigenvalue weighted by molar-refractivity contribution is 0.542. The van der Waals surface area contributed by atoms with Crippen LogP contribution < -0.4 is 35.4 Å². The van der Waals surface area contributed by atoms with E-state index in [1.54, 1.807) is 0 Å². The average molecular weight is 1760 g/mol. The summed E-state index contributed by atoms with van der Waals surface area (Å²) in [7, 11) is -10.8. The van der Waals surface area contributed by atoms with Crippen LogP contribution in [0.2, 0.25) is 105 Å². The summed E-state index contributed by atoms with van der Waals surface area (Å²) in [4.78, 5) is 0. The van der Waals surface area contributed by atoms with Crippen LogP contribution in [0.4, 0.5) is 0 Å². The van der Waals surface area contributed by atoms with Gasteiger partial charge < -0.3 is 35.4 Å². The maximum absolute atomic E-state index is 7.58. The summed E-state index contributed by atoms with van der Waals surface area (Å²) in [5, 5.41) is 0. The normalized spacial score (nSPS) is 14.0. The van der Waals surface area contributed by atoms with E-state index in [-0.39, 0.29) is 43.3 Å². The Morgan fingerprint density at radius 1 is 0.142 bits per heavy atom. The first-order valence-electron chi connectivity index (χ1n) is 44.2. The minimum absolute atomic E-state index is 0.215. The van der Waals surface area contributed by atoms with Gasteiger partial charge in [-0.15, -0.1) is 0 Å². The van der Waals surface area contributed by atoms with Gasteiger partial charge in [-0.2, -0.15) is 0 Å². The zero-order chi connectivity index (χ0) is 89.7. The van der Waals surface area contributed by atoms with Gasteiger partial charge in [0.1, 0.15) is 46.0 Å². The van der Waals surface area contributed by atoms with E-state index in [1.807, 2.05) is 0 Å². The number of hydrogen-bond acceptors (Lipinski definition) is 8. The molecule has 16 heteroatoms. The number of benzene rings is 8. The monoisotopic (exact) mass is 1750 g/mol. The minimum Gasteiger partial charge on any atom is -0.542 e. The van der Waals surface area contributed by atoms with Gasteiger partial charge in [-0.25, -0.2) is 0 Å². The van der Waals surface area contributed by atoms with Crippen LogP contribution in [0.25, 0.3) is 0 Å². The van der Waals surface area contributed by atoms with E-state index in [9.17, 15) is 0 Å². The molecule has 0 saturated carbocycles. The highest BCUT2D eigenvalue weighted by Crippen LogP contribution is 2.49. The molecule has 8 aromatic carbocycles. The molecule has 0 fully saturated rings. The van der Waals surface area contributed by atoms with Gasteiger partial charge in [-0.1, -0.05) is 263 Å². The molecule has 120 heavy (non-hydrogen) atoms. The summed E-state index contributed by atoms with van der Waals surface area (Å²) < 4.78 is 60.6. The second kappa shape index (κ2) is 37.6. The summed E-state index contributed by atoms with van der Waals surface area (Å²) in [6.07, 6.45) is 4.84. The Morgan fingerprint density at radius 2 is 0.208 bits per heavy atom. The molecule has 9 rings (SSSR count). The molecule has 0 heterocycles. The van der Waals surface area contributed by atoms with E-state index in [2.05, 4.69) is 368 Å². The van der Waals surface area contributed by atoms with Crippen LogP contribution in [0.15, 0.2) is 97.1 Å². The fourth-order valence-corrected chi connectivity index (χ4v) is 21.3. The fraction of sp³-hybridized carbons (Fsp3) is 0.538. The van der Waals surface area contributed by atoms with Gasteiger partial charge in [0.2, 0.25) is 0 Å². The van der Waals surface area contributed by atoms with Gasteiger partial charge in [0.15, 0.2) is 0 Å². The second-order valence-electron chi connectivity index (χ2n) is 44.5. The van der Waals surface area contributed by atoms with Crippen molar-refractivity contribution in [2.45, 2.75) is 366 Å². The Morgan fingerprint density at radius 3 is 0.258 bits per heavy atom. The first-order valence-corrected chi connectivity index (χ1v) is 63.4. The molecular weight excluding hydrogens is 1600 g/mol. The molecular formula is C104H152O8Si8. The highest BCUT2D eigenvalue weighted by molar-refractivity contribution is 6.51. The Labute approximate surface area is 744 Å². The molecule has 648 valence electrons. The summed E-state index contributed by atoms with van der Waals surface area (Å²) in [5.74, 6) is 7.79. The van der Waals surface area contributed by atoms with Crippen LogP contribution >= 0.6 is 0 Å². The Hall–Kier alpha value is -6.10. The van der Waals surface area contributed by atoms with E-state index in [0.717, 1.165) is 46.0 Å². The molecule has 0 amide bonds. The number of rotatable bonds is 16. The van der Waals surface area contributed by atoms with E-state index >= 15 is 0 Å². The lowest BCUT2D eigenvalue weighted by atomic mass is 9.79. The van der Waals surface area contributed by atoms with Crippen molar-refractivity contribution in [3.05, 3.63) is 231 Å². The first kappa shape index (κ1) is 97.7. The van der Waals surface area contributed by atoms with Crippen LogP contribution in [-0.2, 0) is 94.7 Å². The molecule has 0 aromatic heterocycles. The van der Waals surface area contributed by atoms with Gasteiger partial charge in [-0.3, -0.25) is 0 Å². The van der Waals surface area contributed by atoms with Gasteiger partial charge in [0, 0.05) is 51.4 Å². The summed E-state index contributed by atoms with van der Waals surface area (Å²) in [5.41, 5.74) is 27.2. The molecule has 0 unspecified atom stereocenters. The zero-order valence-corrected chi connectivity index (χ0v) is 90.2. The molecule has 1 aliphatic carbocycles. The Bertz CT molecular complexity index is 3850. The van der Waals surface area contributed by atoms with Crippen LogP contribution in [0, 0.1) is 0 Å². The molecule has 8 aromatic rings. The smallest absolute Gasteiger partial charge is 0.274 e. The van der Waals surface area contributed by atoms with Gasteiger partial charge in [0.25, 0.3) is 72.3 Å². The fourth-order valence-electron chi connectivity index (χ4n) is 15.9. The standard InChI is InChI=1S/C104H152O8Si8/c1-97(2,3)81-49-65-41-67-51-82(98(4,5)6)53-69(90(67)106-114(27)28)43-71-55-84(100(10,11)12)57-73(92(71)108-116(31)32)45-75-59-86(102(16,17)18)61-77(94(75)110-118(35)36)47-79-63-88(104(22,23)24)64-80(96(79)112-120(39)40)48-78-62-87(103(19,20)21)60-76(95(78)111-119(37)38)46-74-58-85(101(13,14)15)56-72(93(74)109-117(33)34)44-70-54-83(99(7,8)9)52-68(91(70)107-115(29)30)42-66(50-81)89(65)105-113(25)26/h49-64H,41-48H2,1-40H3. The lowest BCUT2D eigenvalue weighted by Crippen LogP contribution is -2.21. The van der Waals surface area contributed by atoms with E-state index < -0.39 is 72.3 Å². The van der Waals surface area contributed by atoms with Crippen molar-refractivity contribution < 1.29 is 35.4 Å². The molecule has 8 nitrogen and oxygen atoms in total.